The van der Waals surface area contributed by atoms with Crippen molar-refractivity contribution in [1.82, 2.24) is 4.90 Å². The summed E-state index contributed by atoms with van der Waals surface area (Å²) in [6.45, 7) is 9.54. The van der Waals surface area contributed by atoms with Gasteiger partial charge in [-0.25, -0.2) is 0 Å². The number of ether oxygens (including phenoxy) is 1. The van der Waals surface area contributed by atoms with E-state index < -0.39 is 23.1 Å². The molecule has 0 atom stereocenters. The summed E-state index contributed by atoms with van der Waals surface area (Å²) < 4.78 is 52.5. The van der Waals surface area contributed by atoms with Gasteiger partial charge in [-0.15, -0.1) is 0 Å². The molecule has 0 bridgehead atoms. The van der Waals surface area contributed by atoms with Crippen LogP contribution in [0.1, 0.15) is 39.0 Å². The fraction of sp³-hybridized carbons (Fsp3) is 0.400. The first kappa shape index (κ1) is 25.9. The summed E-state index contributed by atoms with van der Waals surface area (Å²) in [5, 5.41) is 10.8. The van der Waals surface area contributed by atoms with Crippen LogP contribution < -0.4 is 10.2 Å². The van der Waals surface area contributed by atoms with Gasteiger partial charge in [0, 0.05) is 24.7 Å². The second kappa shape index (κ2) is 10.3. The molecule has 0 saturated carbocycles. The Labute approximate surface area is 200 Å². The van der Waals surface area contributed by atoms with Crippen molar-refractivity contribution < 1.29 is 27.4 Å². The highest BCUT2D eigenvalue weighted by Crippen LogP contribution is 2.40. The van der Waals surface area contributed by atoms with Crippen LogP contribution in [0.2, 0.25) is 5.02 Å². The number of alkyl halides is 3. The first-order valence-electron chi connectivity index (χ1n) is 10.9. The van der Waals surface area contributed by atoms with Gasteiger partial charge in [-0.2, -0.15) is 13.2 Å². The Morgan fingerprint density at radius 1 is 1.03 bits per heavy atom. The Morgan fingerprint density at radius 3 is 2.15 bits per heavy atom. The van der Waals surface area contributed by atoms with E-state index in [4.69, 9.17) is 20.8 Å². The zero-order chi connectivity index (χ0) is 25.2. The number of phenolic OH excluding ortho intramolecular Hbond substituents is 1. The third-order valence-corrected chi connectivity index (χ3v) is 5.27. The maximum atomic E-state index is 14.0. The van der Waals surface area contributed by atoms with Gasteiger partial charge in [-0.1, -0.05) is 39.3 Å². The molecular weight excluding hydrogens is 471 g/mol. The number of phenols is 1. The lowest BCUT2D eigenvalue weighted by Crippen LogP contribution is -2.31. The van der Waals surface area contributed by atoms with E-state index in [2.05, 4.69) is 0 Å². The Hall–Kier alpha value is -2.71. The molecule has 0 aliphatic rings. The smallest absolute Gasteiger partial charge is 0.453 e. The molecule has 0 spiro atoms. The summed E-state index contributed by atoms with van der Waals surface area (Å²) >= 11 is 5.82. The molecule has 0 aliphatic carbocycles. The highest BCUT2D eigenvalue weighted by molar-refractivity contribution is 6.30. The van der Waals surface area contributed by atoms with Gasteiger partial charge in [0.1, 0.15) is 17.1 Å². The van der Waals surface area contributed by atoms with Gasteiger partial charge in [-0.05, 0) is 48.2 Å². The normalized spacial score (nSPS) is 12.3. The van der Waals surface area contributed by atoms with Gasteiger partial charge in [0.25, 0.3) is 5.76 Å². The van der Waals surface area contributed by atoms with Crippen molar-refractivity contribution in [2.75, 3.05) is 13.1 Å². The molecule has 0 amide bonds. The average Bonchev–Trinajstić information content (AvgIpc) is 2.71. The minimum atomic E-state index is -5.01. The maximum Gasteiger partial charge on any atom is 0.453 e. The van der Waals surface area contributed by atoms with Crippen LogP contribution >= 0.6 is 11.6 Å². The minimum Gasteiger partial charge on any atom is -0.507 e. The third kappa shape index (κ3) is 6.04. The van der Waals surface area contributed by atoms with Crippen molar-refractivity contribution in [2.45, 2.75) is 40.4 Å². The molecule has 9 heteroatoms. The average molecular weight is 498 g/mol. The van der Waals surface area contributed by atoms with E-state index >= 15 is 0 Å². The zero-order valence-corrected chi connectivity index (χ0v) is 20.1. The molecular formula is C25H27ClF3NO4. The fourth-order valence-electron chi connectivity index (χ4n) is 3.80. The molecule has 0 fully saturated rings. The predicted octanol–water partition coefficient (Wildman–Crippen LogP) is 7.08. The molecule has 3 aromatic rings. The lowest BCUT2D eigenvalue weighted by molar-refractivity contribution is -0.154. The van der Waals surface area contributed by atoms with Crippen molar-refractivity contribution in [3.05, 3.63) is 63.0 Å². The highest BCUT2D eigenvalue weighted by atomic mass is 35.5. The van der Waals surface area contributed by atoms with E-state index in [0.29, 0.717) is 18.1 Å². The van der Waals surface area contributed by atoms with Crippen LogP contribution in [-0.4, -0.2) is 23.1 Å². The number of hydrogen-bond acceptors (Lipinski definition) is 5. The molecule has 0 unspecified atom stereocenters. The Morgan fingerprint density at radius 2 is 1.62 bits per heavy atom. The summed E-state index contributed by atoms with van der Waals surface area (Å²) in [5.74, 6) is -2.21. The number of halogens is 4. The Kier molecular flexibility index (Phi) is 7.83. The summed E-state index contributed by atoms with van der Waals surface area (Å²) in [7, 11) is 0. The van der Waals surface area contributed by atoms with Crippen LogP contribution in [0.25, 0.3) is 11.0 Å². The first-order chi connectivity index (χ1) is 15.9. The predicted molar refractivity (Wildman–Crippen MR) is 126 cm³/mol. The van der Waals surface area contributed by atoms with E-state index in [9.17, 15) is 23.1 Å². The van der Waals surface area contributed by atoms with Crippen molar-refractivity contribution in [3.8, 4) is 17.2 Å². The van der Waals surface area contributed by atoms with Gasteiger partial charge in [0.2, 0.25) is 11.2 Å². The van der Waals surface area contributed by atoms with Crippen molar-refractivity contribution >= 4 is 22.6 Å². The molecule has 0 aliphatic heterocycles. The zero-order valence-electron chi connectivity index (χ0n) is 19.4. The second-order valence-electron chi connectivity index (χ2n) is 9.06. The molecule has 34 heavy (non-hydrogen) atoms. The topological polar surface area (TPSA) is 62.9 Å². The first-order valence-corrected chi connectivity index (χ1v) is 11.3. The van der Waals surface area contributed by atoms with Gasteiger partial charge in [0.15, 0.2) is 0 Å². The Balaban J connectivity index is 2.19. The van der Waals surface area contributed by atoms with Gasteiger partial charge < -0.3 is 14.3 Å². The summed E-state index contributed by atoms with van der Waals surface area (Å²) in [4.78, 5) is 15.2. The number of nitrogens with zero attached hydrogens (tertiary/aromatic N) is 1. The largest absolute Gasteiger partial charge is 0.507 e. The van der Waals surface area contributed by atoms with Gasteiger partial charge in [0.05, 0.1) is 10.9 Å². The Bertz CT molecular complexity index is 1190. The van der Waals surface area contributed by atoms with E-state index in [1.165, 1.54) is 36.4 Å². The molecule has 3 rings (SSSR count). The van der Waals surface area contributed by atoms with Crippen LogP contribution in [0.15, 0.2) is 45.6 Å². The summed E-state index contributed by atoms with van der Waals surface area (Å²) in [5.41, 5.74) is -1.17. The molecule has 1 aromatic heterocycles. The van der Waals surface area contributed by atoms with Crippen molar-refractivity contribution in [3.63, 3.8) is 0 Å². The van der Waals surface area contributed by atoms with Crippen LogP contribution in [0.3, 0.4) is 0 Å². The van der Waals surface area contributed by atoms with Crippen LogP contribution in [-0.2, 0) is 12.7 Å². The lowest BCUT2D eigenvalue weighted by atomic mass is 10.1. The molecule has 1 heterocycles. The van der Waals surface area contributed by atoms with Gasteiger partial charge >= 0.3 is 6.18 Å². The molecule has 184 valence electrons. The second-order valence-corrected chi connectivity index (χ2v) is 9.50. The molecule has 0 radical (unpaired) electrons. The quantitative estimate of drug-likeness (QED) is 0.360. The van der Waals surface area contributed by atoms with Gasteiger partial charge in [-0.3, -0.25) is 9.69 Å². The monoisotopic (exact) mass is 497 g/mol. The molecule has 1 N–H and O–H groups in total. The van der Waals surface area contributed by atoms with E-state index in [1.807, 2.05) is 32.6 Å². The summed E-state index contributed by atoms with van der Waals surface area (Å²) in [6, 6.07) is 8.09. The highest BCUT2D eigenvalue weighted by Gasteiger charge is 2.41. The molecule has 0 saturated heterocycles. The number of rotatable bonds is 8. The summed E-state index contributed by atoms with van der Waals surface area (Å²) in [6.07, 6.45) is -5.01. The minimum absolute atomic E-state index is 0.000550. The van der Waals surface area contributed by atoms with Crippen LogP contribution in [0.4, 0.5) is 13.2 Å². The number of aromatic hydroxyl groups is 1. The lowest BCUT2D eigenvalue weighted by Gasteiger charge is -2.26. The molecule has 2 aromatic carbocycles. The van der Waals surface area contributed by atoms with E-state index in [-0.39, 0.29) is 46.4 Å². The third-order valence-electron chi connectivity index (χ3n) is 5.02. The SMILES string of the molecule is CC(C)CN(Cc1c(O)ccc2c(=O)c(Oc3ccc(Cl)cc3)c(C(F)(F)F)oc12)CC(C)C. The van der Waals surface area contributed by atoms with E-state index in [1.54, 1.807) is 0 Å². The number of hydrogen-bond donors (Lipinski definition) is 1. The molecule has 5 nitrogen and oxygen atoms in total. The van der Waals surface area contributed by atoms with Crippen molar-refractivity contribution in [1.29, 1.82) is 0 Å². The number of benzene rings is 2. The maximum absolute atomic E-state index is 14.0. The standard InChI is InChI=1S/C25H27ClF3NO4/c1-14(2)11-30(12-15(3)4)13-19-20(31)10-9-18-21(32)23(24(25(27,28)29)34-22(18)19)33-17-7-5-16(26)6-8-17/h5-10,14-15,31H,11-13H2,1-4H3. The fourth-order valence-corrected chi connectivity index (χ4v) is 3.93. The van der Waals surface area contributed by atoms with E-state index in [0.717, 1.165) is 0 Å². The van der Waals surface area contributed by atoms with Crippen LogP contribution in [0, 0.1) is 11.8 Å². The van der Waals surface area contributed by atoms with Crippen LogP contribution in [0.5, 0.6) is 17.2 Å². The van der Waals surface area contributed by atoms with Crippen molar-refractivity contribution in [2.24, 2.45) is 11.8 Å². The number of fused-ring (bicyclic) bond motifs is 1.